The van der Waals surface area contributed by atoms with Gasteiger partial charge in [-0.25, -0.2) is 0 Å². The average Bonchev–Trinajstić information content (AvgIpc) is 2.75. The van der Waals surface area contributed by atoms with Crippen molar-refractivity contribution in [3.63, 3.8) is 0 Å². The highest BCUT2D eigenvalue weighted by atomic mass is 16.2. The number of rotatable bonds is 2. The normalized spacial score (nSPS) is 17.3. The maximum absolute atomic E-state index is 12.5. The van der Waals surface area contributed by atoms with E-state index in [-0.39, 0.29) is 11.9 Å². The molecule has 0 fully saturated rings. The highest BCUT2D eigenvalue weighted by molar-refractivity contribution is 5.97. The zero-order chi connectivity index (χ0) is 13.2. The first-order chi connectivity index (χ1) is 9.25. The summed E-state index contributed by atoms with van der Waals surface area (Å²) in [6.07, 6.45) is 1.43. The molecule has 2 nitrogen and oxygen atoms in total. The van der Waals surface area contributed by atoms with E-state index >= 15 is 0 Å². The van der Waals surface area contributed by atoms with Gasteiger partial charge in [-0.15, -0.1) is 0 Å². The van der Waals surface area contributed by atoms with Gasteiger partial charge in [-0.1, -0.05) is 48.5 Å². The summed E-state index contributed by atoms with van der Waals surface area (Å²) in [4.78, 5) is 14.5. The Balaban J connectivity index is 1.84. The molecule has 0 N–H and O–H groups in total. The molecule has 1 heterocycles. The quantitative estimate of drug-likeness (QED) is 0.802. The van der Waals surface area contributed by atoms with Crippen molar-refractivity contribution in [1.82, 2.24) is 0 Å². The minimum absolute atomic E-state index is 0.184. The number of anilines is 1. The average molecular weight is 251 g/mol. The van der Waals surface area contributed by atoms with Crippen LogP contribution in [0, 0.1) is 0 Å². The maximum atomic E-state index is 12.5. The van der Waals surface area contributed by atoms with Gasteiger partial charge in [-0.05, 0) is 30.5 Å². The molecule has 0 radical (unpaired) electrons. The van der Waals surface area contributed by atoms with Crippen LogP contribution in [0.25, 0.3) is 0 Å². The topological polar surface area (TPSA) is 20.3 Å². The Labute approximate surface area is 113 Å². The fourth-order valence-electron chi connectivity index (χ4n) is 2.80. The summed E-state index contributed by atoms with van der Waals surface area (Å²) in [5.74, 6) is 0.184. The first-order valence-electron chi connectivity index (χ1n) is 6.69. The molecule has 2 aromatic rings. The minimum Gasteiger partial charge on any atom is -0.309 e. The van der Waals surface area contributed by atoms with Crippen LogP contribution in [0.3, 0.4) is 0 Å². The number of carbonyl (C=O) groups is 1. The third-order valence-corrected chi connectivity index (χ3v) is 3.67. The summed E-state index contributed by atoms with van der Waals surface area (Å²) in [5.41, 5.74) is 3.43. The second kappa shape index (κ2) is 4.88. The Morgan fingerprint density at radius 2 is 1.79 bits per heavy atom. The fraction of sp³-hybridized carbons (Fsp3) is 0.235. The molecule has 1 unspecified atom stereocenters. The van der Waals surface area contributed by atoms with E-state index in [1.165, 1.54) is 5.56 Å². The van der Waals surface area contributed by atoms with Crippen molar-refractivity contribution >= 4 is 11.6 Å². The van der Waals surface area contributed by atoms with E-state index < -0.39 is 0 Å². The monoisotopic (exact) mass is 251 g/mol. The van der Waals surface area contributed by atoms with Gasteiger partial charge in [-0.2, -0.15) is 0 Å². The summed E-state index contributed by atoms with van der Waals surface area (Å²) < 4.78 is 0. The SMILES string of the molecule is CC1Cc2ccccc2N1C(=O)Cc1ccccc1. The fourth-order valence-corrected chi connectivity index (χ4v) is 2.80. The summed E-state index contributed by atoms with van der Waals surface area (Å²) in [5, 5.41) is 0. The molecular formula is C17H17NO. The van der Waals surface area contributed by atoms with E-state index in [0.717, 1.165) is 17.7 Å². The van der Waals surface area contributed by atoms with Crippen LogP contribution in [0.15, 0.2) is 54.6 Å². The Morgan fingerprint density at radius 3 is 2.58 bits per heavy atom. The van der Waals surface area contributed by atoms with Gasteiger partial charge in [0.25, 0.3) is 0 Å². The van der Waals surface area contributed by atoms with Gasteiger partial charge in [0, 0.05) is 11.7 Å². The molecule has 3 rings (SSSR count). The lowest BCUT2D eigenvalue weighted by Crippen LogP contribution is -2.36. The molecule has 2 heteroatoms. The molecule has 0 aromatic heterocycles. The van der Waals surface area contributed by atoms with Crippen LogP contribution in [-0.4, -0.2) is 11.9 Å². The van der Waals surface area contributed by atoms with Crippen LogP contribution >= 0.6 is 0 Å². The predicted octanol–water partition coefficient (Wildman–Crippen LogP) is 3.21. The molecule has 1 aliphatic heterocycles. The number of hydrogen-bond donors (Lipinski definition) is 0. The van der Waals surface area contributed by atoms with Crippen LogP contribution in [0.2, 0.25) is 0 Å². The number of fused-ring (bicyclic) bond motifs is 1. The molecule has 1 amide bonds. The van der Waals surface area contributed by atoms with Gasteiger partial charge in [0.15, 0.2) is 0 Å². The van der Waals surface area contributed by atoms with E-state index in [0.29, 0.717) is 6.42 Å². The van der Waals surface area contributed by atoms with Crippen LogP contribution in [0.5, 0.6) is 0 Å². The van der Waals surface area contributed by atoms with Crippen LogP contribution in [0.1, 0.15) is 18.1 Å². The number of hydrogen-bond acceptors (Lipinski definition) is 1. The van der Waals surface area contributed by atoms with E-state index in [9.17, 15) is 4.79 Å². The van der Waals surface area contributed by atoms with Gasteiger partial charge >= 0.3 is 0 Å². The van der Waals surface area contributed by atoms with Gasteiger partial charge in [0.2, 0.25) is 5.91 Å². The molecule has 1 aliphatic rings. The number of para-hydroxylation sites is 1. The second-order valence-corrected chi connectivity index (χ2v) is 5.11. The van der Waals surface area contributed by atoms with Crippen molar-refractivity contribution < 1.29 is 4.79 Å². The first kappa shape index (κ1) is 12.0. The first-order valence-corrected chi connectivity index (χ1v) is 6.69. The highest BCUT2D eigenvalue weighted by Crippen LogP contribution is 2.32. The third-order valence-electron chi connectivity index (χ3n) is 3.67. The van der Waals surface area contributed by atoms with E-state index in [4.69, 9.17) is 0 Å². The molecule has 19 heavy (non-hydrogen) atoms. The van der Waals surface area contributed by atoms with E-state index in [2.05, 4.69) is 13.0 Å². The number of benzene rings is 2. The van der Waals surface area contributed by atoms with E-state index in [1.54, 1.807) is 0 Å². The second-order valence-electron chi connectivity index (χ2n) is 5.11. The van der Waals surface area contributed by atoms with Gasteiger partial charge in [0.1, 0.15) is 0 Å². The maximum Gasteiger partial charge on any atom is 0.231 e. The highest BCUT2D eigenvalue weighted by Gasteiger charge is 2.30. The molecule has 0 aliphatic carbocycles. The Hall–Kier alpha value is -2.09. The molecule has 2 aromatic carbocycles. The van der Waals surface area contributed by atoms with Crippen molar-refractivity contribution in [3.05, 3.63) is 65.7 Å². The molecule has 0 spiro atoms. The van der Waals surface area contributed by atoms with Crippen LogP contribution in [0.4, 0.5) is 5.69 Å². The lowest BCUT2D eigenvalue weighted by Gasteiger charge is -2.22. The van der Waals surface area contributed by atoms with Gasteiger partial charge in [-0.3, -0.25) is 4.79 Å². The molecule has 96 valence electrons. The largest absolute Gasteiger partial charge is 0.309 e. The van der Waals surface area contributed by atoms with Crippen LogP contribution < -0.4 is 4.90 Å². The Kier molecular flexibility index (Phi) is 3.08. The van der Waals surface area contributed by atoms with Gasteiger partial charge in [0.05, 0.1) is 6.42 Å². The van der Waals surface area contributed by atoms with E-state index in [1.807, 2.05) is 53.4 Å². The zero-order valence-electron chi connectivity index (χ0n) is 11.0. The number of amides is 1. The lowest BCUT2D eigenvalue weighted by molar-refractivity contribution is -0.118. The Morgan fingerprint density at radius 1 is 1.11 bits per heavy atom. The molecular weight excluding hydrogens is 234 g/mol. The van der Waals surface area contributed by atoms with Crippen molar-refractivity contribution in [3.8, 4) is 0 Å². The lowest BCUT2D eigenvalue weighted by atomic mass is 10.1. The number of nitrogens with zero attached hydrogens (tertiary/aromatic N) is 1. The van der Waals surface area contributed by atoms with Crippen molar-refractivity contribution in [2.45, 2.75) is 25.8 Å². The number of carbonyl (C=O) groups excluding carboxylic acids is 1. The summed E-state index contributed by atoms with van der Waals surface area (Å²) in [6, 6.07) is 18.4. The van der Waals surface area contributed by atoms with Crippen molar-refractivity contribution in [2.75, 3.05) is 4.90 Å². The van der Waals surface area contributed by atoms with Crippen molar-refractivity contribution in [2.24, 2.45) is 0 Å². The standard InChI is InChI=1S/C17H17NO/c1-13-11-15-9-5-6-10-16(15)18(13)17(19)12-14-7-3-2-4-8-14/h2-10,13H,11-12H2,1H3. The predicted molar refractivity (Wildman–Crippen MR) is 77.2 cm³/mol. The Bertz CT molecular complexity index is 591. The molecule has 0 bridgehead atoms. The molecule has 0 saturated carbocycles. The summed E-state index contributed by atoms with van der Waals surface area (Å²) in [6.45, 7) is 2.11. The zero-order valence-corrected chi connectivity index (χ0v) is 11.0. The van der Waals surface area contributed by atoms with Gasteiger partial charge < -0.3 is 4.90 Å². The molecule has 1 atom stereocenters. The summed E-state index contributed by atoms with van der Waals surface area (Å²) in [7, 11) is 0. The minimum atomic E-state index is 0.184. The smallest absolute Gasteiger partial charge is 0.231 e. The van der Waals surface area contributed by atoms with Crippen LogP contribution in [-0.2, 0) is 17.6 Å². The molecule has 0 saturated heterocycles. The third kappa shape index (κ3) is 2.26. The van der Waals surface area contributed by atoms with Crippen molar-refractivity contribution in [1.29, 1.82) is 0 Å². The summed E-state index contributed by atoms with van der Waals surface area (Å²) >= 11 is 0.